The van der Waals surface area contributed by atoms with Gasteiger partial charge in [-0.15, -0.1) is 0 Å². The first-order valence-corrected chi connectivity index (χ1v) is 6.98. The number of nitrogens with zero attached hydrogens (tertiary/aromatic N) is 1. The van der Waals surface area contributed by atoms with E-state index < -0.39 is 0 Å². The molecule has 3 nitrogen and oxygen atoms in total. The van der Waals surface area contributed by atoms with Gasteiger partial charge in [-0.3, -0.25) is 9.59 Å². The zero-order chi connectivity index (χ0) is 15.2. The van der Waals surface area contributed by atoms with Gasteiger partial charge in [-0.1, -0.05) is 45.0 Å². The van der Waals surface area contributed by atoms with Crippen LogP contribution in [0.4, 0.5) is 5.69 Å². The molecule has 2 amide bonds. The van der Waals surface area contributed by atoms with E-state index >= 15 is 0 Å². The lowest BCUT2D eigenvalue weighted by atomic mass is 9.87. The molecule has 0 spiro atoms. The molecule has 106 valence electrons. The Morgan fingerprint density at radius 2 is 1.24 bits per heavy atom. The van der Waals surface area contributed by atoms with Crippen LogP contribution in [0.3, 0.4) is 0 Å². The Balaban J connectivity index is 2.00. The molecule has 0 saturated heterocycles. The van der Waals surface area contributed by atoms with Crippen molar-refractivity contribution in [1.82, 2.24) is 0 Å². The third kappa shape index (κ3) is 2.15. The third-order valence-corrected chi connectivity index (χ3v) is 3.79. The summed E-state index contributed by atoms with van der Waals surface area (Å²) in [5, 5.41) is 0. The summed E-state index contributed by atoms with van der Waals surface area (Å²) in [6.45, 7) is 6.39. The number of imide groups is 1. The largest absolute Gasteiger partial charge is 0.268 e. The molecule has 0 saturated carbocycles. The van der Waals surface area contributed by atoms with Crippen molar-refractivity contribution in [2.45, 2.75) is 26.2 Å². The lowest BCUT2D eigenvalue weighted by Gasteiger charge is -2.20. The predicted octanol–water partition coefficient (Wildman–Crippen LogP) is 3.78. The smallest absolute Gasteiger partial charge is 0.266 e. The van der Waals surface area contributed by atoms with Crippen molar-refractivity contribution in [3.63, 3.8) is 0 Å². The van der Waals surface area contributed by atoms with Gasteiger partial charge in [0.25, 0.3) is 11.8 Å². The van der Waals surface area contributed by atoms with E-state index in [-0.39, 0.29) is 17.2 Å². The van der Waals surface area contributed by atoms with Crippen molar-refractivity contribution in [2.75, 3.05) is 4.90 Å². The van der Waals surface area contributed by atoms with Gasteiger partial charge in [-0.2, -0.15) is 0 Å². The van der Waals surface area contributed by atoms with Gasteiger partial charge in [-0.25, -0.2) is 4.90 Å². The maximum Gasteiger partial charge on any atom is 0.266 e. The molecular formula is C18H17NO2. The summed E-state index contributed by atoms with van der Waals surface area (Å²) >= 11 is 0. The quantitative estimate of drug-likeness (QED) is 0.745. The fraction of sp³-hybridized carbons (Fsp3) is 0.222. The Kier molecular flexibility index (Phi) is 2.94. The molecule has 0 fully saturated rings. The minimum atomic E-state index is -0.251. The summed E-state index contributed by atoms with van der Waals surface area (Å²) in [6.07, 6.45) is 0. The number of fused-ring (bicyclic) bond motifs is 1. The Labute approximate surface area is 124 Å². The maximum atomic E-state index is 12.4. The van der Waals surface area contributed by atoms with E-state index in [1.165, 1.54) is 10.5 Å². The molecule has 0 unspecified atom stereocenters. The number of hydrogen-bond donors (Lipinski definition) is 0. The van der Waals surface area contributed by atoms with Crippen molar-refractivity contribution in [3.05, 3.63) is 65.2 Å². The number of amides is 2. The predicted molar refractivity (Wildman–Crippen MR) is 82.7 cm³/mol. The summed E-state index contributed by atoms with van der Waals surface area (Å²) < 4.78 is 0. The van der Waals surface area contributed by atoms with Gasteiger partial charge in [0.05, 0.1) is 16.8 Å². The molecule has 1 aliphatic rings. The molecule has 3 heteroatoms. The molecule has 0 atom stereocenters. The van der Waals surface area contributed by atoms with Crippen molar-refractivity contribution < 1.29 is 9.59 Å². The maximum absolute atomic E-state index is 12.4. The molecule has 3 rings (SSSR count). The average Bonchev–Trinajstić information content (AvgIpc) is 2.71. The monoisotopic (exact) mass is 279 g/mol. The lowest BCUT2D eigenvalue weighted by Crippen LogP contribution is -2.29. The summed E-state index contributed by atoms with van der Waals surface area (Å²) in [6, 6.07) is 14.5. The molecule has 0 aromatic heterocycles. The van der Waals surface area contributed by atoms with Crippen molar-refractivity contribution in [3.8, 4) is 0 Å². The van der Waals surface area contributed by atoms with Gasteiger partial charge in [0.1, 0.15) is 0 Å². The standard InChI is InChI=1S/C18H17NO2/c1-18(2,3)12-8-10-13(11-9-12)19-16(20)14-6-4-5-7-15(14)17(19)21/h4-11H,1-3H3. The number of hydrogen-bond acceptors (Lipinski definition) is 2. The summed E-state index contributed by atoms with van der Waals surface area (Å²) in [4.78, 5) is 26.0. The Morgan fingerprint density at radius 1 is 0.762 bits per heavy atom. The highest BCUT2D eigenvalue weighted by molar-refractivity contribution is 6.34. The average molecular weight is 279 g/mol. The number of carbonyl (C=O) groups excluding carboxylic acids is 2. The molecule has 2 aromatic carbocycles. The third-order valence-electron chi connectivity index (χ3n) is 3.79. The molecule has 0 radical (unpaired) electrons. The molecular weight excluding hydrogens is 262 g/mol. The Hall–Kier alpha value is -2.42. The zero-order valence-electron chi connectivity index (χ0n) is 12.4. The van der Waals surface area contributed by atoms with E-state index in [1.807, 2.05) is 24.3 Å². The van der Waals surface area contributed by atoms with Gasteiger partial charge in [0.2, 0.25) is 0 Å². The highest BCUT2D eigenvalue weighted by Gasteiger charge is 2.36. The van der Waals surface area contributed by atoms with Crippen LogP contribution in [0, 0.1) is 0 Å². The summed E-state index contributed by atoms with van der Waals surface area (Å²) in [5.41, 5.74) is 2.78. The second kappa shape index (κ2) is 4.55. The van der Waals surface area contributed by atoms with E-state index in [0.29, 0.717) is 16.8 Å². The van der Waals surface area contributed by atoms with Crippen LogP contribution in [0.5, 0.6) is 0 Å². The van der Waals surface area contributed by atoms with Crippen molar-refractivity contribution in [2.24, 2.45) is 0 Å². The first-order valence-electron chi connectivity index (χ1n) is 6.98. The molecule has 21 heavy (non-hydrogen) atoms. The molecule has 0 N–H and O–H groups in total. The highest BCUT2D eigenvalue weighted by atomic mass is 16.2. The first kappa shape index (κ1) is 13.6. The van der Waals surface area contributed by atoms with E-state index in [9.17, 15) is 9.59 Å². The number of rotatable bonds is 1. The minimum Gasteiger partial charge on any atom is -0.268 e. The van der Waals surface area contributed by atoms with Gasteiger partial charge in [0.15, 0.2) is 0 Å². The van der Waals surface area contributed by atoms with Crippen molar-refractivity contribution in [1.29, 1.82) is 0 Å². The van der Waals surface area contributed by atoms with Crippen molar-refractivity contribution >= 4 is 17.5 Å². The topological polar surface area (TPSA) is 37.4 Å². The van der Waals surface area contributed by atoms with Gasteiger partial charge < -0.3 is 0 Å². The van der Waals surface area contributed by atoms with Crippen LogP contribution in [0.15, 0.2) is 48.5 Å². The van der Waals surface area contributed by atoms with Crippen LogP contribution in [0.25, 0.3) is 0 Å². The van der Waals surface area contributed by atoms with Gasteiger partial charge >= 0.3 is 0 Å². The normalized spacial score (nSPS) is 14.5. The Bertz CT molecular complexity index is 689. The first-order chi connectivity index (χ1) is 9.89. The fourth-order valence-corrected chi connectivity index (χ4v) is 2.53. The molecule has 1 heterocycles. The van der Waals surface area contributed by atoms with E-state index in [0.717, 1.165) is 0 Å². The van der Waals surface area contributed by atoms with Crippen LogP contribution in [0.2, 0.25) is 0 Å². The summed E-state index contributed by atoms with van der Waals surface area (Å²) in [7, 11) is 0. The van der Waals surface area contributed by atoms with E-state index in [2.05, 4.69) is 20.8 Å². The second-order valence-corrected chi connectivity index (χ2v) is 6.29. The van der Waals surface area contributed by atoms with Gasteiger partial charge in [0, 0.05) is 0 Å². The lowest BCUT2D eigenvalue weighted by molar-refractivity contribution is 0.0926. The van der Waals surface area contributed by atoms with Gasteiger partial charge in [-0.05, 0) is 35.2 Å². The molecule has 0 aliphatic carbocycles. The second-order valence-electron chi connectivity index (χ2n) is 6.29. The SMILES string of the molecule is CC(C)(C)c1ccc(N2C(=O)c3ccccc3C2=O)cc1. The fourth-order valence-electron chi connectivity index (χ4n) is 2.53. The van der Waals surface area contributed by atoms with E-state index in [4.69, 9.17) is 0 Å². The summed E-state index contributed by atoms with van der Waals surface area (Å²) in [5.74, 6) is -0.502. The number of anilines is 1. The van der Waals surface area contributed by atoms with Crippen LogP contribution < -0.4 is 4.90 Å². The van der Waals surface area contributed by atoms with Crippen LogP contribution in [-0.4, -0.2) is 11.8 Å². The molecule has 2 aromatic rings. The van der Waals surface area contributed by atoms with E-state index in [1.54, 1.807) is 24.3 Å². The van der Waals surface area contributed by atoms with Crippen LogP contribution in [-0.2, 0) is 5.41 Å². The molecule has 0 bridgehead atoms. The molecule has 1 aliphatic heterocycles. The number of carbonyl (C=O) groups is 2. The minimum absolute atomic E-state index is 0.0422. The number of benzene rings is 2. The zero-order valence-corrected chi connectivity index (χ0v) is 12.4. The van der Waals surface area contributed by atoms with Crippen LogP contribution in [0.1, 0.15) is 47.1 Å². The highest BCUT2D eigenvalue weighted by Crippen LogP contribution is 2.30. The van der Waals surface area contributed by atoms with Crippen LogP contribution >= 0.6 is 0 Å². The Morgan fingerprint density at radius 3 is 1.67 bits per heavy atom.